The molecule has 0 spiro atoms. The van der Waals surface area contributed by atoms with Crippen molar-refractivity contribution < 1.29 is 38.6 Å². The summed E-state index contributed by atoms with van der Waals surface area (Å²) >= 11 is 16.4. The van der Waals surface area contributed by atoms with Crippen LogP contribution in [0.5, 0.6) is 46.0 Å². The third kappa shape index (κ3) is 14.6. The highest BCUT2D eigenvalue weighted by Crippen LogP contribution is 2.41. The van der Waals surface area contributed by atoms with Crippen molar-refractivity contribution in [2.45, 2.75) is 61.0 Å². The minimum absolute atomic E-state index is 0.199. The number of hydrogen-bond donors (Lipinski definition) is 2. The molecular formula is C59H53BrCl2N4O8. The van der Waals surface area contributed by atoms with E-state index in [9.17, 15) is 5.11 Å². The Morgan fingerprint density at radius 3 is 1.39 bits per heavy atom. The van der Waals surface area contributed by atoms with Crippen LogP contribution in [0.1, 0.15) is 61.2 Å². The predicted molar refractivity (Wildman–Crippen MR) is 291 cm³/mol. The first kappa shape index (κ1) is 55.4. The van der Waals surface area contributed by atoms with Crippen molar-refractivity contribution in [2.24, 2.45) is 0 Å². The van der Waals surface area contributed by atoms with Crippen LogP contribution in [0.3, 0.4) is 0 Å². The lowest BCUT2D eigenvalue weighted by Crippen LogP contribution is -2.02. The number of aromatic nitrogens is 2. The van der Waals surface area contributed by atoms with E-state index in [1.807, 2.05) is 95.3 Å². The maximum atomic E-state index is 10.1. The van der Waals surface area contributed by atoms with Gasteiger partial charge in [0.15, 0.2) is 23.0 Å². The van der Waals surface area contributed by atoms with Crippen LogP contribution in [0, 0.1) is 57.3 Å². The number of nitrogens with zero attached hydrogens (tertiary/aromatic N) is 4. The Balaban J connectivity index is 0.000000209. The Bertz CT molecular complexity index is 3320. The molecule has 0 bridgehead atoms. The highest BCUT2D eigenvalue weighted by atomic mass is 79.9. The Labute approximate surface area is 450 Å². The van der Waals surface area contributed by atoms with E-state index in [1.54, 1.807) is 68.0 Å². The van der Waals surface area contributed by atoms with Gasteiger partial charge in [0.2, 0.25) is 0 Å². The maximum Gasteiger partial charge on any atom is 0.165 e. The summed E-state index contributed by atoms with van der Waals surface area (Å²) in [5.74, 6) is 3.50. The second-order valence-electron chi connectivity index (χ2n) is 16.7. The Hall–Kier alpha value is -7.94. The fourth-order valence-electron chi connectivity index (χ4n) is 7.28. The van der Waals surface area contributed by atoms with Crippen molar-refractivity contribution in [3.63, 3.8) is 0 Å². The Kier molecular flexibility index (Phi) is 20.0. The van der Waals surface area contributed by atoms with Crippen LogP contribution >= 0.6 is 39.1 Å². The largest absolute Gasteiger partial charge is 0.508 e. The molecule has 2 aromatic heterocycles. The molecule has 0 fully saturated rings. The number of pyridine rings is 2. The monoisotopic (exact) mass is 1090 g/mol. The topological polar surface area (TPSA) is 169 Å². The molecule has 2 heterocycles. The minimum atomic E-state index is 0.199. The quantitative estimate of drug-likeness (QED) is 0.0998. The second-order valence-corrected chi connectivity index (χ2v) is 18.4. The first-order valence-electron chi connectivity index (χ1n) is 22.9. The first-order valence-corrected chi connectivity index (χ1v) is 24.5. The molecule has 0 amide bonds. The van der Waals surface area contributed by atoms with Crippen molar-refractivity contribution >= 4 is 39.1 Å². The molecule has 2 N–H and O–H groups in total. The third-order valence-corrected chi connectivity index (χ3v) is 13.3. The van der Waals surface area contributed by atoms with Crippen LogP contribution in [0.2, 0.25) is 10.0 Å². The van der Waals surface area contributed by atoms with Gasteiger partial charge in [-0.05, 0) is 115 Å². The van der Waals surface area contributed by atoms with Gasteiger partial charge in [0.1, 0.15) is 61.6 Å². The summed E-state index contributed by atoms with van der Waals surface area (Å²) in [4.78, 5) is 8.10. The van der Waals surface area contributed by atoms with E-state index in [2.05, 4.69) is 38.0 Å². The second kappa shape index (κ2) is 26.7. The highest BCUT2D eigenvalue weighted by molar-refractivity contribution is 9.10. The number of phenolic OH excluding ortho intramolecular Hbond substituents is 2. The molecule has 0 radical (unpaired) electrons. The lowest BCUT2D eigenvalue weighted by Gasteiger charge is -2.17. The summed E-state index contributed by atoms with van der Waals surface area (Å²) < 4.78 is 35.7. The number of nitriles is 2. The molecule has 6 aromatic carbocycles. The van der Waals surface area contributed by atoms with E-state index in [0.717, 1.165) is 65.7 Å². The van der Waals surface area contributed by atoms with E-state index >= 15 is 0 Å². The van der Waals surface area contributed by atoms with E-state index in [-0.39, 0.29) is 25.6 Å². The summed E-state index contributed by atoms with van der Waals surface area (Å²) in [6.45, 7) is 10.9. The van der Waals surface area contributed by atoms with Gasteiger partial charge in [0, 0.05) is 64.7 Å². The normalized spacial score (nSPS) is 10.3. The zero-order valence-electron chi connectivity index (χ0n) is 41.8. The summed E-state index contributed by atoms with van der Waals surface area (Å²) in [7, 11) is 3.08. The van der Waals surface area contributed by atoms with Gasteiger partial charge in [-0.2, -0.15) is 10.5 Å². The summed E-state index contributed by atoms with van der Waals surface area (Å²) in [5, 5.41) is 38.1. The van der Waals surface area contributed by atoms with Crippen molar-refractivity contribution in [1.82, 2.24) is 9.97 Å². The number of methoxy groups -OCH3 is 2. The van der Waals surface area contributed by atoms with Crippen LogP contribution in [0.15, 0.2) is 138 Å². The number of hydrogen-bond acceptors (Lipinski definition) is 12. The number of halogens is 3. The summed E-state index contributed by atoms with van der Waals surface area (Å²) in [6.07, 6.45) is 6.29. The van der Waals surface area contributed by atoms with Crippen molar-refractivity contribution in [1.29, 1.82) is 10.5 Å². The molecule has 0 unspecified atom stereocenters. The number of rotatable bonds is 15. The zero-order valence-corrected chi connectivity index (χ0v) is 44.9. The average Bonchev–Trinajstić information content (AvgIpc) is 3.41. The van der Waals surface area contributed by atoms with Crippen LogP contribution in [0.25, 0.3) is 11.1 Å². The molecule has 12 nitrogen and oxygen atoms in total. The van der Waals surface area contributed by atoms with Crippen LogP contribution in [-0.4, -0.2) is 34.4 Å². The Morgan fingerprint density at radius 2 is 0.919 bits per heavy atom. The van der Waals surface area contributed by atoms with Gasteiger partial charge in [0.05, 0.1) is 35.4 Å². The van der Waals surface area contributed by atoms with E-state index in [4.69, 9.17) is 67.3 Å². The fourth-order valence-corrected chi connectivity index (χ4v) is 8.10. The van der Waals surface area contributed by atoms with Gasteiger partial charge >= 0.3 is 0 Å². The highest BCUT2D eigenvalue weighted by Gasteiger charge is 2.17. The number of phenols is 2. The van der Waals surface area contributed by atoms with Crippen LogP contribution in [-0.2, 0) is 26.4 Å². The third-order valence-electron chi connectivity index (χ3n) is 11.8. The van der Waals surface area contributed by atoms with Gasteiger partial charge in [0.25, 0.3) is 0 Å². The molecule has 8 aromatic rings. The van der Waals surface area contributed by atoms with E-state index in [0.29, 0.717) is 68.0 Å². The lowest BCUT2D eigenvalue weighted by molar-refractivity contribution is 0.274. The summed E-state index contributed by atoms with van der Waals surface area (Å²) in [6, 6.07) is 37.3. The van der Waals surface area contributed by atoms with Crippen LogP contribution in [0.4, 0.5) is 0 Å². The fraction of sp³-hybridized carbons (Fsp3) is 0.186. The first-order chi connectivity index (χ1) is 35.6. The molecule has 15 heteroatoms. The molecular weight excluding hydrogens is 1040 g/mol. The smallest absolute Gasteiger partial charge is 0.165 e. The van der Waals surface area contributed by atoms with E-state index in [1.165, 1.54) is 19.5 Å². The van der Waals surface area contributed by atoms with Gasteiger partial charge < -0.3 is 38.6 Å². The molecule has 8 rings (SSSR count). The predicted octanol–water partition coefficient (Wildman–Crippen LogP) is 14.6. The molecule has 0 saturated carbocycles. The average molecular weight is 1100 g/mol. The van der Waals surface area contributed by atoms with Crippen molar-refractivity contribution in [3.8, 4) is 69.3 Å². The summed E-state index contributed by atoms with van der Waals surface area (Å²) in [5.41, 5.74) is 11.6. The van der Waals surface area contributed by atoms with Gasteiger partial charge in [-0.15, -0.1) is 0 Å². The maximum absolute atomic E-state index is 10.1. The van der Waals surface area contributed by atoms with Gasteiger partial charge in [-0.3, -0.25) is 9.97 Å². The number of aromatic hydroxyl groups is 2. The number of benzene rings is 6. The molecule has 0 aliphatic carbocycles. The number of ether oxygens (including phenoxy) is 6. The van der Waals surface area contributed by atoms with E-state index < -0.39 is 0 Å². The lowest BCUT2D eigenvalue weighted by atomic mass is 9.93. The van der Waals surface area contributed by atoms with Crippen LogP contribution < -0.4 is 28.4 Å². The van der Waals surface area contributed by atoms with Gasteiger partial charge in [-0.1, -0.05) is 93.7 Å². The molecule has 0 atom stereocenters. The Morgan fingerprint density at radius 1 is 0.486 bits per heavy atom. The molecule has 0 aliphatic heterocycles. The molecule has 378 valence electrons. The van der Waals surface area contributed by atoms with Crippen molar-refractivity contribution in [3.05, 3.63) is 210 Å². The SMILES string of the molecule is COc1cc(Cl)c(OCc2cccc(-c3cccc(O)c3C)c2C)cc1OCc1cncc(C#N)c1.COc1cc(Cl)c(OCc2cccc(Br)c2C)cc1OCc1cncc(C#N)c1.Cc1cccc(O)c1C. The molecule has 0 saturated heterocycles. The number of aryl methyl sites for hydroxylation is 1. The standard InChI is InChI=1S/C29H25ClN2O4.C22H18BrClN2O3.C8H10O/c1-18-22(6-4-7-23(18)24-8-5-9-26(33)19(24)2)17-36-27-12-29(28(34-3)11-25(27)30)35-16-21-10-20(13-31)14-32-15-21;1-14-17(4-3-5-18(14)23)13-29-20-8-22(21(27-2)7-19(20)24)28-12-16-6-15(9-25)10-26-11-16;1-6-4-3-5-8(9)7(6)2/h4-12,14-15,33H,16-17H2,1-3H3;3-8,10-11H,12-13H2,1-2H3;3-5,9H,1-2H3. The van der Waals surface area contributed by atoms with Gasteiger partial charge in [-0.25, -0.2) is 0 Å². The van der Waals surface area contributed by atoms with Crippen molar-refractivity contribution in [2.75, 3.05) is 14.2 Å². The minimum Gasteiger partial charge on any atom is -0.508 e. The molecule has 0 aliphatic rings. The molecule has 74 heavy (non-hydrogen) atoms. The zero-order chi connectivity index (χ0) is 53.3.